The van der Waals surface area contributed by atoms with Gasteiger partial charge in [-0.05, 0) is 37.1 Å². The lowest BCUT2D eigenvalue weighted by Gasteiger charge is -2.21. The Morgan fingerprint density at radius 1 is 0.738 bits per heavy atom. The van der Waals surface area contributed by atoms with Crippen LogP contribution < -0.4 is 9.47 Å². The van der Waals surface area contributed by atoms with E-state index >= 15 is 0 Å². The summed E-state index contributed by atoms with van der Waals surface area (Å²) in [4.78, 5) is 59.8. The van der Waals surface area contributed by atoms with Crippen LogP contribution in [0.3, 0.4) is 0 Å². The monoisotopic (exact) mass is 665 g/mol. The third-order valence-electron chi connectivity index (χ3n) is 6.47. The molecule has 0 aliphatic rings. The third-order valence-corrected chi connectivity index (χ3v) is 8.19. The van der Waals surface area contributed by atoms with E-state index in [2.05, 4.69) is 0 Å². The lowest BCUT2D eigenvalue weighted by atomic mass is 9.83. The number of halogens is 4. The molecule has 0 spiro atoms. The number of carbonyl (C=O) groups is 4. The summed E-state index contributed by atoms with van der Waals surface area (Å²) in [6.07, 6.45) is 0.0400. The largest absolute Gasteiger partial charge is 0.480 e. The number of ketones is 2. The minimum Gasteiger partial charge on any atom is -0.480 e. The maximum Gasteiger partial charge on any atom is 0.341 e. The quantitative estimate of drug-likeness (QED) is 0.104. The summed E-state index contributed by atoms with van der Waals surface area (Å²) in [5.41, 5.74) is -0.0129. The van der Waals surface area contributed by atoms with Gasteiger partial charge in [-0.1, -0.05) is 60.3 Å². The summed E-state index contributed by atoms with van der Waals surface area (Å²) in [7, 11) is 0. The molecule has 0 amide bonds. The van der Waals surface area contributed by atoms with Crippen LogP contribution >= 0.6 is 46.4 Å². The van der Waals surface area contributed by atoms with Crippen molar-refractivity contribution in [1.82, 2.24) is 0 Å². The molecular weight excluding hydrogens is 640 g/mol. The van der Waals surface area contributed by atoms with Crippen molar-refractivity contribution in [1.29, 1.82) is 0 Å². The second-order valence-corrected chi connectivity index (χ2v) is 10.7. The summed E-state index contributed by atoms with van der Waals surface area (Å²) < 4.78 is 10.1. The topological polar surface area (TPSA) is 170 Å². The molecule has 2 unspecified atom stereocenters. The van der Waals surface area contributed by atoms with E-state index in [-0.39, 0.29) is 68.4 Å². The molecule has 2 atom stereocenters. The van der Waals surface area contributed by atoms with E-state index in [9.17, 15) is 29.3 Å². The molecule has 2 N–H and O–H groups in total. The van der Waals surface area contributed by atoms with E-state index in [4.69, 9.17) is 66.1 Å². The number of benzene rings is 2. The Labute approximate surface area is 260 Å². The van der Waals surface area contributed by atoms with Crippen LogP contribution in [0.25, 0.3) is 0 Å². The molecule has 11 nitrogen and oxygen atoms in total. The van der Waals surface area contributed by atoms with Crippen molar-refractivity contribution in [3.63, 3.8) is 0 Å². The molecule has 42 heavy (non-hydrogen) atoms. The fraction of sp³-hybridized carbons (Fsp3) is 0.407. The minimum absolute atomic E-state index is 0.00645. The van der Waals surface area contributed by atoms with Crippen LogP contribution in [0.4, 0.5) is 0 Å². The molecule has 2 aromatic carbocycles. The summed E-state index contributed by atoms with van der Waals surface area (Å²) >= 11 is 24.9. The van der Waals surface area contributed by atoms with Gasteiger partial charge in [0.25, 0.3) is 0 Å². The molecule has 0 fully saturated rings. The van der Waals surface area contributed by atoms with Crippen molar-refractivity contribution in [2.75, 3.05) is 13.2 Å². The average molecular weight is 667 g/mol. The molecule has 0 saturated carbocycles. The lowest BCUT2D eigenvalue weighted by Crippen LogP contribution is -2.31. The summed E-state index contributed by atoms with van der Waals surface area (Å²) in [5.74, 6) is -5.28. The van der Waals surface area contributed by atoms with Crippen molar-refractivity contribution in [3.8, 4) is 11.5 Å². The zero-order chi connectivity index (χ0) is 31.7. The first-order valence-electron chi connectivity index (χ1n) is 12.6. The fourth-order valence-corrected chi connectivity index (χ4v) is 5.17. The van der Waals surface area contributed by atoms with E-state index in [1.807, 2.05) is 0 Å². The number of nitro groups is 1. The van der Waals surface area contributed by atoms with E-state index in [0.29, 0.717) is 0 Å². The third kappa shape index (κ3) is 8.94. The number of Topliss-reactive ketones (excluding diaryl/α,β-unsaturated/α-hetero) is 2. The van der Waals surface area contributed by atoms with Gasteiger partial charge in [0.05, 0.1) is 10.0 Å². The Morgan fingerprint density at radius 2 is 1.10 bits per heavy atom. The first-order valence-corrected chi connectivity index (χ1v) is 14.1. The lowest BCUT2D eigenvalue weighted by molar-refractivity contribution is -0.526. The maximum absolute atomic E-state index is 13.4. The Morgan fingerprint density at radius 3 is 1.38 bits per heavy atom. The molecule has 0 aromatic heterocycles. The van der Waals surface area contributed by atoms with Crippen LogP contribution in [0.2, 0.25) is 20.1 Å². The summed E-state index contributed by atoms with van der Waals surface area (Å²) in [6, 6.07) is 3.92. The molecule has 2 rings (SSSR count). The first kappa shape index (κ1) is 35.1. The van der Waals surface area contributed by atoms with Gasteiger partial charge in [-0.25, -0.2) is 9.59 Å². The highest BCUT2D eigenvalue weighted by molar-refractivity contribution is 6.45. The van der Waals surface area contributed by atoms with E-state index in [1.165, 1.54) is 24.3 Å². The number of ether oxygens (including phenoxy) is 2. The van der Waals surface area contributed by atoms with Crippen molar-refractivity contribution in [2.45, 2.75) is 45.6 Å². The molecule has 0 bridgehead atoms. The zero-order valence-electron chi connectivity index (χ0n) is 22.4. The van der Waals surface area contributed by atoms with Gasteiger partial charge in [-0.3, -0.25) is 19.7 Å². The van der Waals surface area contributed by atoms with Crippen LogP contribution in [-0.2, 0) is 9.59 Å². The Balaban J connectivity index is 2.26. The second kappa shape index (κ2) is 15.9. The van der Waals surface area contributed by atoms with Crippen LogP contribution in [0, 0.1) is 22.0 Å². The predicted octanol–water partition coefficient (Wildman–Crippen LogP) is 6.77. The standard InChI is InChI=1S/C27H27Cl4NO10/c1-3-13(26(37)16-5-7-18(24(30)22(16)28)41-11-20(33)34)9-15(32(39)40)10-14(4-2)27(38)17-6-8-19(25(31)23(17)29)42-12-21(35)36/h5-8,13-15H,3-4,9-12H2,1-2H3,(H,33,34)(H,35,36). The highest BCUT2D eigenvalue weighted by atomic mass is 35.5. The van der Waals surface area contributed by atoms with Crippen molar-refractivity contribution in [2.24, 2.45) is 11.8 Å². The average Bonchev–Trinajstić information content (AvgIpc) is 2.93. The van der Waals surface area contributed by atoms with Gasteiger partial charge in [0.2, 0.25) is 6.04 Å². The molecule has 228 valence electrons. The molecule has 0 heterocycles. The maximum atomic E-state index is 13.4. The van der Waals surface area contributed by atoms with Gasteiger partial charge < -0.3 is 19.7 Å². The number of nitrogens with zero attached hydrogens (tertiary/aromatic N) is 1. The van der Waals surface area contributed by atoms with Crippen LogP contribution in [0.15, 0.2) is 24.3 Å². The van der Waals surface area contributed by atoms with E-state index in [1.54, 1.807) is 13.8 Å². The smallest absolute Gasteiger partial charge is 0.341 e. The fourth-order valence-electron chi connectivity index (χ4n) is 4.23. The summed E-state index contributed by atoms with van der Waals surface area (Å²) in [6.45, 7) is 2.00. The zero-order valence-corrected chi connectivity index (χ0v) is 25.4. The molecule has 15 heteroatoms. The van der Waals surface area contributed by atoms with E-state index < -0.39 is 59.5 Å². The number of carbonyl (C=O) groups excluding carboxylic acids is 2. The Bertz CT molecular complexity index is 1270. The number of hydrogen-bond acceptors (Lipinski definition) is 8. The van der Waals surface area contributed by atoms with Gasteiger partial charge in [0, 0.05) is 40.7 Å². The predicted molar refractivity (Wildman–Crippen MR) is 155 cm³/mol. The van der Waals surface area contributed by atoms with Crippen molar-refractivity contribution in [3.05, 3.63) is 65.6 Å². The van der Waals surface area contributed by atoms with E-state index in [0.717, 1.165) is 0 Å². The van der Waals surface area contributed by atoms with Gasteiger partial charge in [0.15, 0.2) is 24.8 Å². The molecule has 2 aromatic rings. The van der Waals surface area contributed by atoms with Crippen molar-refractivity contribution >= 4 is 69.9 Å². The van der Waals surface area contributed by atoms with Crippen LogP contribution in [0.1, 0.15) is 60.2 Å². The summed E-state index contributed by atoms with van der Waals surface area (Å²) in [5, 5.41) is 29.0. The van der Waals surface area contributed by atoms with Gasteiger partial charge >= 0.3 is 11.9 Å². The minimum atomic E-state index is -1.28. The number of aliphatic carboxylic acids is 2. The highest BCUT2D eigenvalue weighted by Gasteiger charge is 2.35. The molecule has 0 saturated heterocycles. The second-order valence-electron chi connectivity index (χ2n) is 9.19. The van der Waals surface area contributed by atoms with Gasteiger partial charge in [-0.2, -0.15) is 0 Å². The Kier molecular flexibility index (Phi) is 13.3. The van der Waals surface area contributed by atoms with Gasteiger partial charge in [-0.15, -0.1) is 0 Å². The first-order chi connectivity index (χ1) is 19.7. The number of rotatable bonds is 17. The number of hydrogen-bond donors (Lipinski definition) is 2. The van der Waals surface area contributed by atoms with Crippen LogP contribution in [0.5, 0.6) is 11.5 Å². The number of carboxylic acids is 2. The van der Waals surface area contributed by atoms with Crippen molar-refractivity contribution < 1.29 is 43.8 Å². The normalized spacial score (nSPS) is 13.1. The van der Waals surface area contributed by atoms with Crippen LogP contribution in [-0.4, -0.2) is 57.9 Å². The molecule has 0 aliphatic heterocycles. The Hall–Kier alpha value is -3.12. The molecule has 0 aliphatic carbocycles. The molecule has 0 radical (unpaired) electrons. The molecular formula is C27H27Cl4NO10. The van der Waals surface area contributed by atoms with Gasteiger partial charge in [0.1, 0.15) is 21.5 Å². The number of carboxylic acid groups (broad SMARTS) is 2. The highest BCUT2D eigenvalue weighted by Crippen LogP contribution is 2.38. The SMILES string of the molecule is CCC(CC(CC(CC)C(=O)c1ccc(OCC(=O)O)c(Cl)c1Cl)[N+](=O)[O-])C(=O)c1ccc(OCC(=O)O)c(Cl)c1Cl.